The van der Waals surface area contributed by atoms with Crippen molar-refractivity contribution in [3.05, 3.63) is 76.4 Å². The van der Waals surface area contributed by atoms with E-state index in [9.17, 15) is 9.18 Å². The Morgan fingerprint density at radius 1 is 1.07 bits per heavy atom. The largest absolute Gasteiger partial charge is 0.314 e. The number of pyridine rings is 1. The Kier molecular flexibility index (Phi) is 7.74. The van der Waals surface area contributed by atoms with Gasteiger partial charge in [0.1, 0.15) is 17.3 Å². The fraction of sp³-hybridized carbons (Fsp3) is 0.267. The van der Waals surface area contributed by atoms with Gasteiger partial charge in [-0.05, 0) is 66.6 Å². The third-order valence-corrected chi connectivity index (χ3v) is 8.22. The number of aromatic nitrogens is 7. The number of benzene rings is 2. The maximum absolute atomic E-state index is 14.4. The molecule has 1 N–H and O–H groups in total. The summed E-state index contributed by atoms with van der Waals surface area (Å²) in [5.41, 5.74) is 4.35. The monoisotopic (exact) mass is 604 g/mol. The van der Waals surface area contributed by atoms with Gasteiger partial charge in [-0.3, -0.25) is 14.3 Å². The van der Waals surface area contributed by atoms with E-state index in [1.54, 1.807) is 42.4 Å². The number of hydrogen-bond donors (Lipinski definition) is 1. The number of aromatic amines is 1. The van der Waals surface area contributed by atoms with Crippen LogP contribution in [0.5, 0.6) is 0 Å². The second kappa shape index (κ2) is 11.6. The van der Waals surface area contributed by atoms with Crippen molar-refractivity contribution in [2.24, 2.45) is 0 Å². The Morgan fingerprint density at radius 2 is 1.88 bits per heavy atom. The summed E-state index contributed by atoms with van der Waals surface area (Å²) in [7, 11) is 1.71. The van der Waals surface area contributed by atoms with Gasteiger partial charge in [-0.25, -0.2) is 9.37 Å². The van der Waals surface area contributed by atoms with Gasteiger partial charge in [0, 0.05) is 42.2 Å². The zero-order chi connectivity index (χ0) is 29.4. The predicted molar refractivity (Wildman–Crippen MR) is 160 cm³/mol. The Bertz CT molecular complexity index is 1770. The Balaban J connectivity index is 1.71. The number of nitrogens with zero attached hydrogens (tertiary/aromatic N) is 7. The average Bonchev–Trinajstić information content (AvgIpc) is 3.67. The molecule has 1 saturated carbocycles. The molecule has 9 nitrogen and oxygen atoms in total. The number of nitrogens with one attached hydrogen (secondary N) is 1. The van der Waals surface area contributed by atoms with E-state index in [2.05, 4.69) is 20.6 Å². The minimum atomic E-state index is -0.533. The molecule has 5 aromatic rings. The fourth-order valence-corrected chi connectivity index (χ4v) is 5.93. The number of H-pyrrole nitrogens is 1. The van der Waals surface area contributed by atoms with Crippen LogP contribution in [0.15, 0.2) is 54.7 Å². The van der Waals surface area contributed by atoms with Crippen LogP contribution in [0.4, 0.5) is 10.1 Å². The standard InChI is InChI=1S/C30H27Cl2FN8O/c1-17(42)40(2)24-9-6-14-34-26(24)21-12-11-20(31)16-25(21)41-28(19-10-13-23(33)22(32)15-19)27(29-36-38-39-37-29)35-30(41)18-7-4-3-5-8-18/h6,9-16,18H,3-5,7-8H2,1-2H3,(H,36,37,38,39). The second-order valence-electron chi connectivity index (χ2n) is 10.3. The van der Waals surface area contributed by atoms with Gasteiger partial charge in [0.25, 0.3) is 0 Å². The molecule has 12 heteroatoms. The maximum atomic E-state index is 14.4. The summed E-state index contributed by atoms with van der Waals surface area (Å²) in [6.07, 6.45) is 6.89. The van der Waals surface area contributed by atoms with Gasteiger partial charge in [0.15, 0.2) is 0 Å². The number of anilines is 1. The van der Waals surface area contributed by atoms with E-state index >= 15 is 0 Å². The molecular formula is C30H27Cl2FN8O. The highest BCUT2D eigenvalue weighted by atomic mass is 35.5. The van der Waals surface area contributed by atoms with Crippen LogP contribution < -0.4 is 4.90 Å². The summed E-state index contributed by atoms with van der Waals surface area (Å²) in [6, 6.07) is 13.7. The summed E-state index contributed by atoms with van der Waals surface area (Å²) in [5, 5.41) is 15.3. The van der Waals surface area contributed by atoms with Gasteiger partial charge < -0.3 is 4.90 Å². The first-order chi connectivity index (χ1) is 20.3. The number of rotatable bonds is 6. The van der Waals surface area contributed by atoms with Gasteiger partial charge in [0.05, 0.1) is 27.8 Å². The highest BCUT2D eigenvalue weighted by Crippen LogP contribution is 2.44. The van der Waals surface area contributed by atoms with Crippen molar-refractivity contribution < 1.29 is 9.18 Å². The van der Waals surface area contributed by atoms with E-state index in [1.807, 2.05) is 22.8 Å². The first-order valence-corrected chi connectivity index (χ1v) is 14.4. The van der Waals surface area contributed by atoms with Crippen molar-refractivity contribution in [1.82, 2.24) is 35.2 Å². The molecule has 0 aliphatic heterocycles. The molecule has 0 spiro atoms. The van der Waals surface area contributed by atoms with Crippen molar-refractivity contribution in [2.75, 3.05) is 11.9 Å². The van der Waals surface area contributed by atoms with Gasteiger partial charge in [0.2, 0.25) is 11.7 Å². The summed E-state index contributed by atoms with van der Waals surface area (Å²) < 4.78 is 16.4. The lowest BCUT2D eigenvalue weighted by Gasteiger charge is -2.25. The zero-order valence-corrected chi connectivity index (χ0v) is 24.5. The van der Waals surface area contributed by atoms with Crippen LogP contribution in [0.3, 0.4) is 0 Å². The van der Waals surface area contributed by atoms with E-state index < -0.39 is 5.82 Å². The molecule has 3 heterocycles. The third-order valence-electron chi connectivity index (χ3n) is 7.70. The Hall–Kier alpha value is -4.15. The maximum Gasteiger partial charge on any atom is 0.225 e. The fourth-order valence-electron chi connectivity index (χ4n) is 5.58. The summed E-state index contributed by atoms with van der Waals surface area (Å²) >= 11 is 13.0. The van der Waals surface area contributed by atoms with E-state index in [0.717, 1.165) is 43.5 Å². The molecule has 1 aliphatic rings. The molecule has 1 aliphatic carbocycles. The Morgan fingerprint density at radius 3 is 2.60 bits per heavy atom. The summed E-state index contributed by atoms with van der Waals surface area (Å²) in [4.78, 5) is 23.8. The smallest absolute Gasteiger partial charge is 0.225 e. The lowest BCUT2D eigenvalue weighted by Crippen LogP contribution is -2.23. The number of carbonyl (C=O) groups excluding carboxylic acids is 1. The molecule has 0 unspecified atom stereocenters. The van der Waals surface area contributed by atoms with Crippen LogP contribution in [0.2, 0.25) is 10.0 Å². The number of carbonyl (C=O) groups is 1. The van der Waals surface area contributed by atoms with Crippen LogP contribution in [0, 0.1) is 5.82 Å². The van der Waals surface area contributed by atoms with Crippen molar-refractivity contribution in [3.63, 3.8) is 0 Å². The SMILES string of the molecule is CC(=O)N(C)c1cccnc1-c1ccc(Cl)cc1-n1c(C2CCCCC2)nc(-c2nn[nH]n2)c1-c1ccc(F)c(Cl)c1. The molecule has 2 aromatic carbocycles. The van der Waals surface area contributed by atoms with Gasteiger partial charge >= 0.3 is 0 Å². The van der Waals surface area contributed by atoms with Crippen molar-refractivity contribution in [2.45, 2.75) is 44.9 Å². The van der Waals surface area contributed by atoms with Gasteiger partial charge in [-0.1, -0.05) is 42.5 Å². The molecular weight excluding hydrogens is 578 g/mol. The molecule has 0 radical (unpaired) electrons. The molecule has 0 saturated heterocycles. The summed E-state index contributed by atoms with van der Waals surface area (Å²) in [6.45, 7) is 1.50. The number of hydrogen-bond acceptors (Lipinski definition) is 6. The quantitative estimate of drug-likeness (QED) is 0.219. The van der Waals surface area contributed by atoms with Crippen molar-refractivity contribution in [3.8, 4) is 39.7 Å². The van der Waals surface area contributed by atoms with E-state index in [1.165, 1.54) is 13.0 Å². The van der Waals surface area contributed by atoms with E-state index in [4.69, 9.17) is 33.2 Å². The highest BCUT2D eigenvalue weighted by Gasteiger charge is 2.31. The molecule has 214 valence electrons. The minimum absolute atomic E-state index is 0.0278. The van der Waals surface area contributed by atoms with Gasteiger partial charge in [-0.2, -0.15) is 5.21 Å². The molecule has 3 aromatic heterocycles. The van der Waals surface area contributed by atoms with Crippen LogP contribution in [-0.2, 0) is 4.79 Å². The zero-order valence-electron chi connectivity index (χ0n) is 23.0. The normalized spacial score (nSPS) is 13.8. The molecule has 0 bridgehead atoms. The average molecular weight is 606 g/mol. The van der Waals surface area contributed by atoms with Crippen LogP contribution in [0.25, 0.3) is 39.7 Å². The third kappa shape index (κ3) is 5.16. The van der Waals surface area contributed by atoms with Crippen LogP contribution >= 0.6 is 23.2 Å². The summed E-state index contributed by atoms with van der Waals surface area (Å²) in [5.74, 6) is 0.551. The van der Waals surface area contributed by atoms with Crippen LogP contribution in [-0.4, -0.2) is 48.1 Å². The molecule has 42 heavy (non-hydrogen) atoms. The predicted octanol–water partition coefficient (Wildman–Crippen LogP) is 7.26. The number of imidazole rings is 1. The molecule has 6 rings (SSSR count). The van der Waals surface area contributed by atoms with Gasteiger partial charge in [-0.15, -0.1) is 10.2 Å². The van der Waals surface area contributed by atoms with Crippen LogP contribution in [0.1, 0.15) is 50.8 Å². The van der Waals surface area contributed by atoms with Crippen molar-refractivity contribution >= 4 is 34.8 Å². The van der Waals surface area contributed by atoms with E-state index in [0.29, 0.717) is 44.9 Å². The Labute approximate surface area is 251 Å². The first kappa shape index (κ1) is 28.0. The highest BCUT2D eigenvalue weighted by molar-refractivity contribution is 6.31. The topological polar surface area (TPSA) is 105 Å². The first-order valence-electron chi connectivity index (χ1n) is 13.6. The lowest BCUT2D eigenvalue weighted by molar-refractivity contribution is -0.116. The molecule has 1 fully saturated rings. The minimum Gasteiger partial charge on any atom is -0.314 e. The molecule has 1 amide bonds. The number of halogens is 3. The second-order valence-corrected chi connectivity index (χ2v) is 11.2. The van der Waals surface area contributed by atoms with E-state index in [-0.39, 0.29) is 16.8 Å². The lowest BCUT2D eigenvalue weighted by atomic mass is 9.88. The number of tetrazole rings is 1. The molecule has 0 atom stereocenters. The number of amides is 1. The van der Waals surface area contributed by atoms with Crippen molar-refractivity contribution in [1.29, 1.82) is 0 Å².